The van der Waals surface area contributed by atoms with Crippen molar-refractivity contribution in [2.24, 2.45) is 11.7 Å². The lowest BCUT2D eigenvalue weighted by Crippen LogP contribution is -2.50. The minimum atomic E-state index is -2.98. The molecular formula is C23H27BrFN5O6. The van der Waals surface area contributed by atoms with Crippen LogP contribution < -0.4 is 20.5 Å². The number of fused-ring (bicyclic) bond motifs is 1. The molecule has 11 nitrogen and oxygen atoms in total. The van der Waals surface area contributed by atoms with Crippen molar-refractivity contribution in [2.45, 2.75) is 31.8 Å². The van der Waals surface area contributed by atoms with E-state index in [4.69, 9.17) is 15.2 Å². The molecule has 13 heteroatoms. The van der Waals surface area contributed by atoms with Crippen molar-refractivity contribution in [3.05, 3.63) is 46.9 Å². The molecule has 0 atom stereocenters. The number of rotatable bonds is 8. The van der Waals surface area contributed by atoms with Gasteiger partial charge in [-0.2, -0.15) is 0 Å². The van der Waals surface area contributed by atoms with Crippen LogP contribution in [0.4, 0.5) is 15.9 Å². The summed E-state index contributed by atoms with van der Waals surface area (Å²) < 4.78 is 26.0. The molecule has 36 heavy (non-hydrogen) atoms. The zero-order valence-corrected chi connectivity index (χ0v) is 20.9. The van der Waals surface area contributed by atoms with Gasteiger partial charge in [0.15, 0.2) is 11.5 Å². The molecule has 0 aliphatic carbocycles. The summed E-state index contributed by atoms with van der Waals surface area (Å²) in [7, 11) is 0. The van der Waals surface area contributed by atoms with Crippen LogP contribution in [0.1, 0.15) is 19.8 Å². The van der Waals surface area contributed by atoms with Crippen molar-refractivity contribution >= 4 is 38.3 Å². The largest absolute Gasteiger partial charge is 0.489 e. The first-order valence-corrected chi connectivity index (χ1v) is 11.9. The SMILES string of the molecule is CC(O)(O)N1CCC(COc2cc3ncnc(Nc4ccc(Br)cc4F)c3cc2OC(N)(O)O)CC1. The van der Waals surface area contributed by atoms with Crippen LogP contribution in [-0.2, 0) is 0 Å². The molecule has 1 fully saturated rings. The van der Waals surface area contributed by atoms with E-state index in [2.05, 4.69) is 31.2 Å². The van der Waals surface area contributed by atoms with Crippen LogP contribution in [0, 0.1) is 11.7 Å². The van der Waals surface area contributed by atoms with Gasteiger partial charge < -0.3 is 35.2 Å². The monoisotopic (exact) mass is 567 g/mol. The Balaban J connectivity index is 1.59. The zero-order chi connectivity index (χ0) is 26.1. The second kappa shape index (κ2) is 10.4. The number of halogens is 2. The fraction of sp³-hybridized carbons (Fsp3) is 0.391. The van der Waals surface area contributed by atoms with Crippen molar-refractivity contribution in [3.63, 3.8) is 0 Å². The summed E-state index contributed by atoms with van der Waals surface area (Å²) in [4.78, 5) is 9.99. The molecule has 0 unspecified atom stereocenters. The van der Waals surface area contributed by atoms with Crippen LogP contribution in [0.2, 0.25) is 0 Å². The lowest BCUT2D eigenvalue weighted by Gasteiger charge is -2.37. The van der Waals surface area contributed by atoms with Gasteiger partial charge in [-0.1, -0.05) is 15.9 Å². The van der Waals surface area contributed by atoms with E-state index < -0.39 is 17.8 Å². The Morgan fingerprint density at radius 2 is 1.86 bits per heavy atom. The Kier molecular flexibility index (Phi) is 7.61. The van der Waals surface area contributed by atoms with E-state index in [0.29, 0.717) is 41.3 Å². The van der Waals surface area contributed by atoms with Gasteiger partial charge in [-0.05, 0) is 43.0 Å². The molecule has 2 aromatic carbocycles. The summed E-state index contributed by atoms with van der Waals surface area (Å²) in [6.45, 7) is 2.54. The summed E-state index contributed by atoms with van der Waals surface area (Å²) >= 11 is 3.21. The summed E-state index contributed by atoms with van der Waals surface area (Å²) in [5.74, 6) is -1.94. The number of ether oxygens (including phenoxy) is 2. The number of hydrogen-bond acceptors (Lipinski definition) is 11. The van der Waals surface area contributed by atoms with E-state index in [1.54, 1.807) is 11.0 Å². The van der Waals surface area contributed by atoms with Gasteiger partial charge in [0.1, 0.15) is 18.0 Å². The van der Waals surface area contributed by atoms with E-state index in [-0.39, 0.29) is 35.5 Å². The summed E-state index contributed by atoms with van der Waals surface area (Å²) in [5.41, 5.74) is 5.85. The van der Waals surface area contributed by atoms with E-state index in [0.717, 1.165) is 0 Å². The summed E-state index contributed by atoms with van der Waals surface area (Å²) in [6, 6.07) is 7.47. The molecule has 1 saturated heterocycles. The number of aromatic nitrogens is 2. The molecule has 194 valence electrons. The predicted octanol–water partition coefficient (Wildman–Crippen LogP) is 1.96. The van der Waals surface area contributed by atoms with Crippen molar-refractivity contribution in [1.29, 1.82) is 0 Å². The van der Waals surface area contributed by atoms with Gasteiger partial charge in [0.05, 0.1) is 17.8 Å². The molecule has 7 N–H and O–H groups in total. The third-order valence-electron chi connectivity index (χ3n) is 5.83. The molecule has 0 amide bonds. The van der Waals surface area contributed by atoms with Crippen molar-refractivity contribution in [3.8, 4) is 11.5 Å². The Morgan fingerprint density at radius 1 is 1.14 bits per heavy atom. The molecule has 2 heterocycles. The fourth-order valence-corrected chi connectivity index (χ4v) is 4.30. The van der Waals surface area contributed by atoms with Gasteiger partial charge in [-0.3, -0.25) is 4.90 Å². The maximum absolute atomic E-state index is 14.4. The first kappa shape index (κ1) is 26.4. The highest BCUT2D eigenvalue weighted by atomic mass is 79.9. The van der Waals surface area contributed by atoms with Gasteiger partial charge in [0, 0.05) is 35.9 Å². The summed E-state index contributed by atoms with van der Waals surface area (Å²) in [6.07, 6.45) is -0.356. The summed E-state index contributed by atoms with van der Waals surface area (Å²) in [5, 5.41) is 42.1. The number of nitrogens with two attached hydrogens (primary N) is 1. The number of nitrogens with zero attached hydrogens (tertiary/aromatic N) is 3. The third kappa shape index (κ3) is 6.56. The molecule has 4 rings (SSSR count). The highest BCUT2D eigenvalue weighted by Gasteiger charge is 2.31. The van der Waals surface area contributed by atoms with E-state index in [1.807, 2.05) is 0 Å². The minimum absolute atomic E-state index is 0.0835. The van der Waals surface area contributed by atoms with Crippen LogP contribution in [0.25, 0.3) is 10.9 Å². The molecule has 1 aliphatic heterocycles. The topological polar surface area (TPSA) is 166 Å². The Hall–Kier alpha value is -2.65. The molecule has 0 saturated carbocycles. The second-order valence-electron chi connectivity index (χ2n) is 8.76. The molecule has 3 aromatic rings. The highest BCUT2D eigenvalue weighted by molar-refractivity contribution is 9.10. The number of anilines is 2. The van der Waals surface area contributed by atoms with Gasteiger partial charge in [0.25, 0.3) is 0 Å². The minimum Gasteiger partial charge on any atom is -0.489 e. The van der Waals surface area contributed by atoms with E-state index >= 15 is 0 Å². The normalized spacial score (nSPS) is 15.8. The molecule has 0 radical (unpaired) electrons. The average molecular weight is 568 g/mol. The van der Waals surface area contributed by atoms with Crippen LogP contribution in [0.3, 0.4) is 0 Å². The number of nitrogens with one attached hydrogen (secondary N) is 1. The van der Waals surface area contributed by atoms with Gasteiger partial charge in [0.2, 0.25) is 5.91 Å². The second-order valence-corrected chi connectivity index (χ2v) is 9.68. The zero-order valence-electron chi connectivity index (χ0n) is 19.4. The van der Waals surface area contributed by atoms with Gasteiger partial charge >= 0.3 is 6.10 Å². The fourth-order valence-electron chi connectivity index (χ4n) is 3.97. The van der Waals surface area contributed by atoms with Crippen molar-refractivity contribution in [1.82, 2.24) is 14.9 Å². The van der Waals surface area contributed by atoms with Crippen LogP contribution in [-0.4, -0.2) is 67.0 Å². The highest BCUT2D eigenvalue weighted by Crippen LogP contribution is 2.37. The molecule has 0 spiro atoms. The lowest BCUT2D eigenvalue weighted by atomic mass is 9.97. The third-order valence-corrected chi connectivity index (χ3v) is 6.33. The Labute approximate surface area is 214 Å². The van der Waals surface area contributed by atoms with E-state index in [1.165, 1.54) is 37.5 Å². The van der Waals surface area contributed by atoms with Crippen LogP contribution >= 0.6 is 15.9 Å². The number of hydrogen-bond donors (Lipinski definition) is 6. The van der Waals surface area contributed by atoms with Gasteiger partial charge in [-0.15, -0.1) is 0 Å². The number of benzene rings is 2. The Bertz CT molecular complexity index is 1230. The predicted molar refractivity (Wildman–Crippen MR) is 132 cm³/mol. The quantitative estimate of drug-likeness (QED) is 0.220. The van der Waals surface area contributed by atoms with Crippen molar-refractivity contribution in [2.75, 3.05) is 25.0 Å². The lowest BCUT2D eigenvalue weighted by molar-refractivity contribution is -0.287. The molecule has 1 aliphatic rings. The first-order valence-electron chi connectivity index (χ1n) is 11.1. The molecular weight excluding hydrogens is 541 g/mol. The first-order chi connectivity index (χ1) is 16.9. The molecule has 0 bridgehead atoms. The standard InChI is InChI=1S/C23H27BrFN5O6/c1-22(31,32)30-6-4-13(5-7-30)11-35-19-10-18-15(9-20(19)36-23(26,33)34)21(28-12-27-18)29-17-3-2-14(24)8-16(17)25/h2-3,8-10,12-13,31-34H,4-7,11,26H2,1H3,(H,27,28,29). The van der Waals surface area contributed by atoms with Crippen molar-refractivity contribution < 1.29 is 34.3 Å². The maximum atomic E-state index is 14.4. The number of likely N-dealkylation sites (tertiary alicyclic amines) is 1. The van der Waals surface area contributed by atoms with Crippen LogP contribution in [0.15, 0.2) is 41.1 Å². The average Bonchev–Trinajstić information content (AvgIpc) is 2.78. The molecule has 1 aromatic heterocycles. The Morgan fingerprint density at radius 3 is 2.50 bits per heavy atom. The smallest absolute Gasteiger partial charge is 0.389 e. The number of aliphatic hydroxyl groups is 4. The maximum Gasteiger partial charge on any atom is 0.389 e. The number of piperidine rings is 1. The van der Waals surface area contributed by atoms with Gasteiger partial charge in [-0.25, -0.2) is 20.1 Å². The van der Waals surface area contributed by atoms with Crippen LogP contribution in [0.5, 0.6) is 11.5 Å². The van der Waals surface area contributed by atoms with E-state index in [9.17, 15) is 24.8 Å².